The Labute approximate surface area is 129 Å². The normalized spacial score (nSPS) is 21.9. The Morgan fingerprint density at radius 3 is 2.33 bits per heavy atom. The molecule has 0 amide bonds. The zero-order valence-corrected chi connectivity index (χ0v) is 13.8. The number of hydrogen-bond donors (Lipinski definition) is 1. The van der Waals surface area contributed by atoms with Gasteiger partial charge < -0.3 is 14.8 Å². The van der Waals surface area contributed by atoms with E-state index in [9.17, 15) is 0 Å². The first kappa shape index (κ1) is 16.2. The summed E-state index contributed by atoms with van der Waals surface area (Å²) < 4.78 is 11.6. The molecule has 0 aromatic heterocycles. The van der Waals surface area contributed by atoms with Gasteiger partial charge in [-0.15, -0.1) is 0 Å². The van der Waals surface area contributed by atoms with Gasteiger partial charge in [-0.3, -0.25) is 0 Å². The molecule has 0 heterocycles. The van der Waals surface area contributed by atoms with E-state index in [0.29, 0.717) is 12.1 Å². The van der Waals surface area contributed by atoms with Crippen LogP contribution < -0.4 is 14.8 Å². The maximum absolute atomic E-state index is 5.86. The molecule has 1 saturated carbocycles. The van der Waals surface area contributed by atoms with E-state index in [1.165, 1.54) is 12.0 Å². The molecular weight excluding hydrogens is 262 g/mol. The van der Waals surface area contributed by atoms with Gasteiger partial charge in [0.05, 0.1) is 13.2 Å². The van der Waals surface area contributed by atoms with E-state index in [-0.39, 0.29) is 0 Å². The van der Waals surface area contributed by atoms with Crippen LogP contribution in [0.1, 0.15) is 58.6 Å². The van der Waals surface area contributed by atoms with E-state index in [1.54, 1.807) is 0 Å². The lowest BCUT2D eigenvalue weighted by Gasteiger charge is -2.18. The Morgan fingerprint density at radius 2 is 1.76 bits per heavy atom. The lowest BCUT2D eigenvalue weighted by atomic mass is 10.1. The van der Waals surface area contributed by atoms with Crippen LogP contribution in [0.25, 0.3) is 0 Å². The fraction of sp³-hybridized carbons (Fsp3) is 0.667. The third-order valence-corrected chi connectivity index (χ3v) is 3.96. The number of rotatable bonds is 9. The number of hydrogen-bond acceptors (Lipinski definition) is 3. The topological polar surface area (TPSA) is 30.5 Å². The smallest absolute Gasteiger partial charge is 0.161 e. The van der Waals surface area contributed by atoms with Crippen molar-refractivity contribution < 1.29 is 9.47 Å². The predicted molar refractivity (Wildman–Crippen MR) is 87.1 cm³/mol. The molecule has 0 aliphatic heterocycles. The molecule has 0 spiro atoms. The zero-order chi connectivity index (χ0) is 15.2. The zero-order valence-electron chi connectivity index (χ0n) is 13.8. The quantitative estimate of drug-likeness (QED) is 0.735. The largest absolute Gasteiger partial charge is 0.490 e. The van der Waals surface area contributed by atoms with Crippen LogP contribution in [0.15, 0.2) is 18.2 Å². The van der Waals surface area contributed by atoms with Crippen molar-refractivity contribution in [2.45, 2.75) is 59.0 Å². The summed E-state index contributed by atoms with van der Waals surface area (Å²) in [5.74, 6) is 2.55. The highest BCUT2D eigenvalue weighted by Gasteiger charge is 2.33. The highest BCUT2D eigenvalue weighted by molar-refractivity contribution is 5.44. The van der Waals surface area contributed by atoms with Crippen LogP contribution in [-0.4, -0.2) is 19.3 Å². The van der Waals surface area contributed by atoms with Gasteiger partial charge in [0.2, 0.25) is 0 Å². The summed E-state index contributed by atoms with van der Waals surface area (Å²) in [6, 6.07) is 7.35. The first-order valence-electron chi connectivity index (χ1n) is 8.31. The summed E-state index contributed by atoms with van der Waals surface area (Å²) in [4.78, 5) is 0. The maximum Gasteiger partial charge on any atom is 0.161 e. The van der Waals surface area contributed by atoms with Crippen LogP contribution in [-0.2, 0) is 0 Å². The molecule has 0 saturated heterocycles. The minimum Gasteiger partial charge on any atom is -0.490 e. The lowest BCUT2D eigenvalue weighted by Crippen LogP contribution is -2.22. The highest BCUT2D eigenvalue weighted by Crippen LogP contribution is 2.34. The van der Waals surface area contributed by atoms with Crippen molar-refractivity contribution in [3.63, 3.8) is 0 Å². The molecule has 118 valence electrons. The average Bonchev–Trinajstić information content (AvgIpc) is 3.18. The van der Waals surface area contributed by atoms with E-state index in [2.05, 4.69) is 45.1 Å². The lowest BCUT2D eigenvalue weighted by molar-refractivity contribution is 0.268. The van der Waals surface area contributed by atoms with Crippen molar-refractivity contribution in [2.24, 2.45) is 5.92 Å². The van der Waals surface area contributed by atoms with E-state index in [0.717, 1.165) is 43.5 Å². The van der Waals surface area contributed by atoms with Gasteiger partial charge in [0, 0.05) is 12.1 Å². The number of benzene rings is 1. The van der Waals surface area contributed by atoms with E-state index in [4.69, 9.17) is 9.47 Å². The van der Waals surface area contributed by atoms with Crippen LogP contribution in [0, 0.1) is 5.92 Å². The second-order valence-corrected chi connectivity index (χ2v) is 6.11. The molecule has 3 unspecified atom stereocenters. The van der Waals surface area contributed by atoms with Crippen molar-refractivity contribution in [1.29, 1.82) is 0 Å². The van der Waals surface area contributed by atoms with Gasteiger partial charge in [0.1, 0.15) is 0 Å². The predicted octanol–water partition coefficient (Wildman–Crippen LogP) is 4.32. The van der Waals surface area contributed by atoms with Crippen LogP contribution in [0.3, 0.4) is 0 Å². The van der Waals surface area contributed by atoms with Gasteiger partial charge in [-0.05, 0) is 49.8 Å². The summed E-state index contributed by atoms with van der Waals surface area (Å²) in [7, 11) is 0. The fourth-order valence-corrected chi connectivity index (χ4v) is 2.42. The Bertz CT molecular complexity index is 447. The van der Waals surface area contributed by atoms with Gasteiger partial charge in [-0.1, -0.05) is 26.8 Å². The summed E-state index contributed by atoms with van der Waals surface area (Å²) >= 11 is 0. The van der Waals surface area contributed by atoms with Crippen LogP contribution in [0.5, 0.6) is 11.5 Å². The van der Waals surface area contributed by atoms with Gasteiger partial charge in [0.25, 0.3) is 0 Å². The minimum atomic E-state index is 0.351. The molecule has 2 rings (SSSR count). The van der Waals surface area contributed by atoms with Crippen molar-refractivity contribution in [2.75, 3.05) is 13.2 Å². The second kappa shape index (κ2) is 7.69. The van der Waals surface area contributed by atoms with Gasteiger partial charge >= 0.3 is 0 Å². The van der Waals surface area contributed by atoms with Crippen LogP contribution >= 0.6 is 0 Å². The monoisotopic (exact) mass is 291 g/mol. The summed E-state index contributed by atoms with van der Waals surface area (Å²) in [6.07, 6.45) is 3.30. The minimum absolute atomic E-state index is 0.351. The van der Waals surface area contributed by atoms with Crippen molar-refractivity contribution in [3.05, 3.63) is 23.8 Å². The van der Waals surface area contributed by atoms with Gasteiger partial charge in [-0.25, -0.2) is 0 Å². The first-order valence-corrected chi connectivity index (χ1v) is 8.31. The Morgan fingerprint density at radius 1 is 1.14 bits per heavy atom. The molecule has 3 atom stereocenters. The van der Waals surface area contributed by atoms with E-state index >= 15 is 0 Å². The highest BCUT2D eigenvalue weighted by atomic mass is 16.5. The van der Waals surface area contributed by atoms with E-state index in [1.807, 2.05) is 6.07 Å². The molecule has 0 bridgehead atoms. The second-order valence-electron chi connectivity index (χ2n) is 6.11. The molecule has 0 radical (unpaired) electrons. The van der Waals surface area contributed by atoms with Crippen LogP contribution in [0.2, 0.25) is 0 Å². The Hall–Kier alpha value is -1.22. The third-order valence-electron chi connectivity index (χ3n) is 3.96. The Balaban J connectivity index is 2.06. The van der Waals surface area contributed by atoms with Gasteiger partial charge in [-0.2, -0.15) is 0 Å². The standard InChI is InChI=1S/C18H29NO2/c1-5-9-20-17-8-7-15(12-18(17)21-10-6-2)14(4)19-16-11-13(16)3/h7-8,12-14,16,19H,5-6,9-11H2,1-4H3. The summed E-state index contributed by atoms with van der Waals surface area (Å²) in [5, 5.41) is 3.67. The molecule has 1 aliphatic carbocycles. The molecule has 3 heteroatoms. The molecule has 21 heavy (non-hydrogen) atoms. The molecule has 1 aliphatic rings. The maximum atomic E-state index is 5.86. The molecule has 1 N–H and O–H groups in total. The summed E-state index contributed by atoms with van der Waals surface area (Å²) in [6.45, 7) is 10.2. The number of nitrogens with one attached hydrogen (secondary N) is 1. The third kappa shape index (κ3) is 4.63. The molecule has 1 fully saturated rings. The number of ether oxygens (including phenoxy) is 2. The Kier molecular flexibility index (Phi) is 5.92. The van der Waals surface area contributed by atoms with Crippen LogP contribution in [0.4, 0.5) is 0 Å². The molecular formula is C18H29NO2. The average molecular weight is 291 g/mol. The molecule has 1 aromatic carbocycles. The first-order chi connectivity index (χ1) is 10.2. The molecule has 3 nitrogen and oxygen atoms in total. The van der Waals surface area contributed by atoms with Crippen molar-refractivity contribution in [3.8, 4) is 11.5 Å². The van der Waals surface area contributed by atoms with Gasteiger partial charge in [0.15, 0.2) is 11.5 Å². The van der Waals surface area contributed by atoms with Crippen molar-refractivity contribution >= 4 is 0 Å². The fourth-order valence-electron chi connectivity index (χ4n) is 2.42. The van der Waals surface area contributed by atoms with E-state index < -0.39 is 0 Å². The molecule has 1 aromatic rings. The summed E-state index contributed by atoms with van der Waals surface area (Å²) in [5.41, 5.74) is 1.27. The van der Waals surface area contributed by atoms with Crippen molar-refractivity contribution in [1.82, 2.24) is 5.32 Å². The SMILES string of the molecule is CCCOc1ccc(C(C)NC2CC2C)cc1OCCC.